The second-order valence-electron chi connectivity index (χ2n) is 5.70. The molecule has 0 amide bonds. The molecular formula is C22H15FN2. The van der Waals surface area contributed by atoms with Gasteiger partial charge in [0.05, 0.1) is 11.4 Å². The number of pyridine rings is 1. The molecule has 1 aromatic heterocycles. The smallest absolute Gasteiger partial charge is 0.151 e. The summed E-state index contributed by atoms with van der Waals surface area (Å²) in [7, 11) is 0. The molecular weight excluding hydrogens is 311 g/mol. The monoisotopic (exact) mass is 326 g/mol. The van der Waals surface area contributed by atoms with E-state index in [0.717, 1.165) is 22.2 Å². The topological polar surface area (TPSA) is 25.2 Å². The maximum atomic E-state index is 14.4. The third kappa shape index (κ3) is 3.17. The predicted molar refractivity (Wildman–Crippen MR) is 99.9 cm³/mol. The van der Waals surface area contributed by atoms with Gasteiger partial charge < -0.3 is 0 Å². The maximum Gasteiger partial charge on any atom is 0.151 e. The molecule has 0 N–H and O–H groups in total. The lowest BCUT2D eigenvalue weighted by Gasteiger charge is -2.08. The first-order valence-corrected chi connectivity index (χ1v) is 8.05. The summed E-state index contributed by atoms with van der Waals surface area (Å²) in [4.78, 5) is 8.85. The van der Waals surface area contributed by atoms with Crippen molar-refractivity contribution in [3.63, 3.8) is 0 Å². The van der Waals surface area contributed by atoms with Gasteiger partial charge in [0.1, 0.15) is 5.52 Å². The van der Waals surface area contributed by atoms with E-state index in [0.29, 0.717) is 11.2 Å². The number of fused-ring (bicyclic) bond motifs is 1. The highest BCUT2D eigenvalue weighted by atomic mass is 19.1. The van der Waals surface area contributed by atoms with Crippen molar-refractivity contribution in [3.05, 3.63) is 108 Å². The third-order valence-electron chi connectivity index (χ3n) is 3.98. The number of hydrogen-bond donors (Lipinski definition) is 0. The first kappa shape index (κ1) is 15.2. The van der Waals surface area contributed by atoms with Crippen molar-refractivity contribution in [1.82, 2.24) is 4.98 Å². The van der Waals surface area contributed by atoms with Gasteiger partial charge >= 0.3 is 0 Å². The Morgan fingerprint density at radius 2 is 1.40 bits per heavy atom. The van der Waals surface area contributed by atoms with Crippen molar-refractivity contribution >= 4 is 22.3 Å². The fourth-order valence-corrected chi connectivity index (χ4v) is 2.81. The molecule has 25 heavy (non-hydrogen) atoms. The third-order valence-corrected chi connectivity index (χ3v) is 3.98. The van der Waals surface area contributed by atoms with Crippen LogP contribution >= 0.6 is 0 Å². The SMILES string of the molecule is Fc1cc(N=C(c2ccccc2)c2ccccc2)cc2cccnc12. The molecule has 4 aromatic rings. The van der Waals surface area contributed by atoms with Crippen molar-refractivity contribution in [3.8, 4) is 0 Å². The summed E-state index contributed by atoms with van der Waals surface area (Å²) < 4.78 is 14.4. The number of aromatic nitrogens is 1. The van der Waals surface area contributed by atoms with E-state index in [1.165, 1.54) is 6.07 Å². The molecule has 0 spiro atoms. The van der Waals surface area contributed by atoms with Gasteiger partial charge in [-0.25, -0.2) is 9.38 Å². The van der Waals surface area contributed by atoms with E-state index in [9.17, 15) is 4.39 Å². The number of nitrogens with zero attached hydrogens (tertiary/aromatic N) is 2. The van der Waals surface area contributed by atoms with Crippen LogP contribution in [0.25, 0.3) is 10.9 Å². The number of halogens is 1. The predicted octanol–water partition coefficient (Wildman–Crippen LogP) is 5.54. The summed E-state index contributed by atoms with van der Waals surface area (Å²) in [6.45, 7) is 0. The van der Waals surface area contributed by atoms with Crippen LogP contribution in [-0.4, -0.2) is 10.7 Å². The van der Waals surface area contributed by atoms with E-state index in [1.807, 2.05) is 72.8 Å². The Labute approximate surface area is 145 Å². The first-order chi connectivity index (χ1) is 12.3. The van der Waals surface area contributed by atoms with Crippen LogP contribution in [-0.2, 0) is 0 Å². The summed E-state index contributed by atoms with van der Waals surface area (Å²) in [5, 5.41) is 0.738. The van der Waals surface area contributed by atoms with E-state index in [-0.39, 0.29) is 5.82 Å². The molecule has 0 aliphatic rings. The van der Waals surface area contributed by atoms with Crippen LogP contribution in [0.15, 0.2) is 96.1 Å². The average molecular weight is 326 g/mol. The number of benzene rings is 3. The fraction of sp³-hybridized carbons (Fsp3) is 0. The minimum atomic E-state index is -0.364. The van der Waals surface area contributed by atoms with Gasteiger partial charge in [0.25, 0.3) is 0 Å². The Bertz CT molecular complexity index is 1000. The highest BCUT2D eigenvalue weighted by molar-refractivity contribution is 6.14. The van der Waals surface area contributed by atoms with Crippen molar-refractivity contribution in [2.75, 3.05) is 0 Å². The minimum Gasteiger partial charge on any atom is -0.253 e. The Morgan fingerprint density at radius 3 is 2.04 bits per heavy atom. The summed E-state index contributed by atoms with van der Waals surface area (Å²) in [6, 6.07) is 26.8. The molecule has 0 fully saturated rings. The fourth-order valence-electron chi connectivity index (χ4n) is 2.81. The van der Waals surface area contributed by atoms with E-state index in [2.05, 4.69) is 4.98 Å². The molecule has 0 saturated heterocycles. The van der Waals surface area contributed by atoms with Gasteiger partial charge in [-0.2, -0.15) is 0 Å². The van der Waals surface area contributed by atoms with Gasteiger partial charge in [0, 0.05) is 28.8 Å². The molecule has 0 atom stereocenters. The Hall–Kier alpha value is -3.33. The zero-order chi connectivity index (χ0) is 17.1. The van der Waals surface area contributed by atoms with E-state index < -0.39 is 0 Å². The van der Waals surface area contributed by atoms with Crippen LogP contribution in [0.2, 0.25) is 0 Å². The van der Waals surface area contributed by atoms with Crippen LogP contribution < -0.4 is 0 Å². The van der Waals surface area contributed by atoms with E-state index >= 15 is 0 Å². The van der Waals surface area contributed by atoms with Gasteiger partial charge in [0.15, 0.2) is 5.82 Å². The average Bonchev–Trinajstić information content (AvgIpc) is 2.67. The van der Waals surface area contributed by atoms with Gasteiger partial charge in [-0.3, -0.25) is 4.98 Å². The Balaban J connectivity index is 1.91. The molecule has 3 heteroatoms. The maximum absolute atomic E-state index is 14.4. The quantitative estimate of drug-likeness (QED) is 0.454. The Kier molecular flexibility index (Phi) is 4.05. The number of rotatable bonds is 3. The standard InChI is InChI=1S/C22H15FN2/c23-20-15-19(14-18-12-7-13-24-22(18)20)25-21(16-8-3-1-4-9-16)17-10-5-2-6-11-17/h1-15H. The molecule has 3 aromatic carbocycles. The second-order valence-corrected chi connectivity index (χ2v) is 5.70. The van der Waals surface area contributed by atoms with Crippen molar-refractivity contribution in [1.29, 1.82) is 0 Å². The van der Waals surface area contributed by atoms with Crippen molar-refractivity contribution in [2.45, 2.75) is 0 Å². The largest absolute Gasteiger partial charge is 0.253 e. The number of aliphatic imine (C=N–C) groups is 1. The molecule has 120 valence electrons. The molecule has 0 aliphatic carbocycles. The van der Waals surface area contributed by atoms with Gasteiger partial charge in [0.2, 0.25) is 0 Å². The molecule has 0 aliphatic heterocycles. The molecule has 1 heterocycles. The van der Waals surface area contributed by atoms with Crippen LogP contribution in [0.4, 0.5) is 10.1 Å². The highest BCUT2D eigenvalue weighted by Crippen LogP contribution is 2.25. The number of hydrogen-bond acceptors (Lipinski definition) is 2. The molecule has 4 rings (SSSR count). The lowest BCUT2D eigenvalue weighted by Crippen LogP contribution is -2.02. The van der Waals surface area contributed by atoms with Crippen molar-refractivity contribution in [2.24, 2.45) is 4.99 Å². The molecule has 0 radical (unpaired) electrons. The van der Waals surface area contributed by atoms with Crippen molar-refractivity contribution < 1.29 is 4.39 Å². The van der Waals surface area contributed by atoms with Crippen LogP contribution in [0.5, 0.6) is 0 Å². The highest BCUT2D eigenvalue weighted by Gasteiger charge is 2.09. The Morgan fingerprint density at radius 1 is 0.760 bits per heavy atom. The van der Waals surface area contributed by atoms with Crippen LogP contribution in [0.3, 0.4) is 0 Å². The van der Waals surface area contributed by atoms with Crippen LogP contribution in [0.1, 0.15) is 11.1 Å². The summed E-state index contributed by atoms with van der Waals surface area (Å²) in [5.41, 5.74) is 3.72. The first-order valence-electron chi connectivity index (χ1n) is 8.05. The molecule has 2 nitrogen and oxygen atoms in total. The molecule has 0 bridgehead atoms. The van der Waals surface area contributed by atoms with E-state index in [4.69, 9.17) is 4.99 Å². The van der Waals surface area contributed by atoms with Gasteiger partial charge in [-0.15, -0.1) is 0 Å². The van der Waals surface area contributed by atoms with Crippen LogP contribution in [0, 0.1) is 5.82 Å². The lowest BCUT2D eigenvalue weighted by molar-refractivity contribution is 0.637. The minimum absolute atomic E-state index is 0.363. The second kappa shape index (κ2) is 6.65. The van der Waals surface area contributed by atoms with Gasteiger partial charge in [-0.05, 0) is 12.1 Å². The van der Waals surface area contributed by atoms with E-state index in [1.54, 1.807) is 12.3 Å². The zero-order valence-corrected chi connectivity index (χ0v) is 13.4. The molecule has 0 unspecified atom stereocenters. The molecule has 0 saturated carbocycles. The summed E-state index contributed by atoms with van der Waals surface area (Å²) >= 11 is 0. The summed E-state index contributed by atoms with van der Waals surface area (Å²) in [5.74, 6) is -0.364. The van der Waals surface area contributed by atoms with Gasteiger partial charge in [-0.1, -0.05) is 66.7 Å². The zero-order valence-electron chi connectivity index (χ0n) is 13.4. The summed E-state index contributed by atoms with van der Waals surface area (Å²) in [6.07, 6.45) is 1.59. The normalized spacial score (nSPS) is 10.6. The lowest BCUT2D eigenvalue weighted by atomic mass is 10.0.